The molecule has 0 aliphatic rings. The summed E-state index contributed by atoms with van der Waals surface area (Å²) in [5, 5.41) is 11.3. The fourth-order valence-corrected chi connectivity index (χ4v) is 1.82. The summed E-state index contributed by atoms with van der Waals surface area (Å²) in [6, 6.07) is 1.85. The van der Waals surface area contributed by atoms with Gasteiger partial charge in [0.15, 0.2) is 0 Å². The Morgan fingerprint density at radius 2 is 2.21 bits per heavy atom. The maximum Gasteiger partial charge on any atom is 0.274 e. The molecule has 1 amide bonds. The molecule has 1 N–H and O–H groups in total. The average molecular weight is 261 g/mol. The van der Waals surface area contributed by atoms with E-state index in [0.29, 0.717) is 23.8 Å². The monoisotopic (exact) mass is 261 g/mol. The van der Waals surface area contributed by atoms with Gasteiger partial charge >= 0.3 is 0 Å². The lowest BCUT2D eigenvalue weighted by atomic mass is 10.1. The molecular weight excluding hydrogens is 242 g/mol. The van der Waals surface area contributed by atoms with Crippen LogP contribution in [0.3, 0.4) is 0 Å². The Bertz CT molecular complexity index is 582. The molecule has 2 rings (SSSR count). The van der Waals surface area contributed by atoms with Crippen molar-refractivity contribution in [2.75, 3.05) is 5.32 Å². The highest BCUT2D eigenvalue weighted by Gasteiger charge is 2.16. The van der Waals surface area contributed by atoms with E-state index in [1.54, 1.807) is 21.8 Å². The maximum atomic E-state index is 12.2. The summed E-state index contributed by atoms with van der Waals surface area (Å²) in [4.78, 5) is 12.2. The second-order valence-corrected chi connectivity index (χ2v) is 4.78. The summed E-state index contributed by atoms with van der Waals surface area (Å²) in [6.07, 6.45) is 3.38. The minimum Gasteiger partial charge on any atom is -0.318 e. The van der Waals surface area contributed by atoms with Gasteiger partial charge in [-0.25, -0.2) is 0 Å². The first kappa shape index (κ1) is 13.3. The molecule has 0 saturated carbocycles. The van der Waals surface area contributed by atoms with Crippen molar-refractivity contribution >= 4 is 11.6 Å². The van der Waals surface area contributed by atoms with E-state index in [0.717, 1.165) is 5.69 Å². The van der Waals surface area contributed by atoms with Crippen LogP contribution in [0.2, 0.25) is 0 Å². The molecule has 0 unspecified atom stereocenters. The highest BCUT2D eigenvalue weighted by molar-refractivity contribution is 6.03. The molecule has 6 nitrogen and oxygen atoms in total. The third-order valence-electron chi connectivity index (χ3n) is 2.89. The van der Waals surface area contributed by atoms with Gasteiger partial charge in [0.25, 0.3) is 5.91 Å². The standard InChI is InChI=1S/C13H19N5O/c1-5-18-12(6-11(16-18)9(2)3)13(19)15-10-7-14-17(4)8-10/h6-9H,5H2,1-4H3,(H,15,19). The lowest BCUT2D eigenvalue weighted by Crippen LogP contribution is -2.17. The van der Waals surface area contributed by atoms with Crippen molar-refractivity contribution in [3.05, 3.63) is 29.8 Å². The zero-order valence-corrected chi connectivity index (χ0v) is 11.7. The SMILES string of the molecule is CCn1nc(C(C)C)cc1C(=O)Nc1cnn(C)c1. The van der Waals surface area contributed by atoms with Gasteiger partial charge in [-0.15, -0.1) is 0 Å². The third-order valence-corrected chi connectivity index (χ3v) is 2.89. The van der Waals surface area contributed by atoms with Gasteiger partial charge in [-0.05, 0) is 18.9 Å². The Hall–Kier alpha value is -2.11. The van der Waals surface area contributed by atoms with Crippen molar-refractivity contribution in [1.29, 1.82) is 0 Å². The second-order valence-electron chi connectivity index (χ2n) is 4.78. The summed E-state index contributed by atoms with van der Waals surface area (Å²) in [5.74, 6) is 0.145. The Balaban J connectivity index is 2.22. The number of hydrogen-bond acceptors (Lipinski definition) is 3. The molecule has 2 aromatic rings. The molecule has 6 heteroatoms. The van der Waals surface area contributed by atoms with E-state index >= 15 is 0 Å². The normalized spacial score (nSPS) is 11.0. The molecule has 0 bridgehead atoms. The van der Waals surface area contributed by atoms with Gasteiger partial charge < -0.3 is 5.32 Å². The number of rotatable bonds is 4. The van der Waals surface area contributed by atoms with Crippen LogP contribution in [0.15, 0.2) is 18.5 Å². The molecule has 0 spiro atoms. The summed E-state index contributed by atoms with van der Waals surface area (Å²) in [7, 11) is 1.81. The van der Waals surface area contributed by atoms with E-state index in [9.17, 15) is 4.79 Å². The molecule has 0 saturated heterocycles. The van der Waals surface area contributed by atoms with Crippen LogP contribution in [-0.2, 0) is 13.6 Å². The van der Waals surface area contributed by atoms with Gasteiger partial charge in [0.05, 0.1) is 17.6 Å². The highest BCUT2D eigenvalue weighted by atomic mass is 16.2. The first-order valence-electron chi connectivity index (χ1n) is 6.39. The lowest BCUT2D eigenvalue weighted by molar-refractivity contribution is 0.101. The van der Waals surface area contributed by atoms with E-state index in [1.807, 2.05) is 20.0 Å². The number of amides is 1. The fraction of sp³-hybridized carbons (Fsp3) is 0.462. The molecule has 2 aromatic heterocycles. The maximum absolute atomic E-state index is 12.2. The molecule has 0 radical (unpaired) electrons. The van der Waals surface area contributed by atoms with Crippen LogP contribution in [0, 0.1) is 0 Å². The summed E-state index contributed by atoms with van der Waals surface area (Å²) in [5.41, 5.74) is 2.19. The van der Waals surface area contributed by atoms with Gasteiger partial charge in [-0.1, -0.05) is 13.8 Å². The molecule has 0 atom stereocenters. The Labute approximate surface area is 112 Å². The highest BCUT2D eigenvalue weighted by Crippen LogP contribution is 2.16. The van der Waals surface area contributed by atoms with Gasteiger partial charge in [-0.2, -0.15) is 10.2 Å². The minimum absolute atomic E-state index is 0.158. The zero-order valence-electron chi connectivity index (χ0n) is 11.7. The van der Waals surface area contributed by atoms with Crippen LogP contribution in [0.4, 0.5) is 5.69 Å². The largest absolute Gasteiger partial charge is 0.318 e. The van der Waals surface area contributed by atoms with Crippen molar-refractivity contribution in [2.24, 2.45) is 7.05 Å². The van der Waals surface area contributed by atoms with Crippen LogP contribution >= 0.6 is 0 Å². The van der Waals surface area contributed by atoms with Gasteiger partial charge in [0, 0.05) is 19.8 Å². The first-order chi connectivity index (χ1) is 9.01. The van der Waals surface area contributed by atoms with Crippen molar-refractivity contribution in [2.45, 2.75) is 33.2 Å². The average Bonchev–Trinajstić information content (AvgIpc) is 2.95. The van der Waals surface area contributed by atoms with Crippen molar-refractivity contribution in [3.8, 4) is 0 Å². The Morgan fingerprint density at radius 3 is 2.74 bits per heavy atom. The van der Waals surface area contributed by atoms with Crippen LogP contribution in [-0.4, -0.2) is 25.5 Å². The summed E-state index contributed by atoms with van der Waals surface area (Å²) >= 11 is 0. The molecule has 2 heterocycles. The summed E-state index contributed by atoms with van der Waals surface area (Å²) in [6.45, 7) is 6.76. The third kappa shape index (κ3) is 2.83. The summed E-state index contributed by atoms with van der Waals surface area (Å²) < 4.78 is 3.37. The number of anilines is 1. The molecule has 19 heavy (non-hydrogen) atoms. The van der Waals surface area contributed by atoms with Crippen LogP contribution < -0.4 is 5.32 Å². The van der Waals surface area contributed by atoms with Crippen molar-refractivity contribution < 1.29 is 4.79 Å². The van der Waals surface area contributed by atoms with Gasteiger partial charge in [0.2, 0.25) is 0 Å². The number of carbonyl (C=O) groups is 1. The molecule has 102 valence electrons. The van der Waals surface area contributed by atoms with Gasteiger partial charge in [0.1, 0.15) is 5.69 Å². The first-order valence-corrected chi connectivity index (χ1v) is 6.39. The molecular formula is C13H19N5O. The van der Waals surface area contributed by atoms with Crippen molar-refractivity contribution in [3.63, 3.8) is 0 Å². The lowest BCUT2D eigenvalue weighted by Gasteiger charge is -2.04. The number of nitrogens with zero attached hydrogens (tertiary/aromatic N) is 4. The zero-order chi connectivity index (χ0) is 14.0. The number of carbonyl (C=O) groups excluding carboxylic acids is 1. The molecule has 0 aliphatic carbocycles. The number of aryl methyl sites for hydroxylation is 2. The van der Waals surface area contributed by atoms with E-state index in [2.05, 4.69) is 29.4 Å². The smallest absolute Gasteiger partial charge is 0.274 e. The Kier molecular flexibility index (Phi) is 3.69. The fourth-order valence-electron chi connectivity index (χ4n) is 1.82. The van der Waals surface area contributed by atoms with E-state index in [-0.39, 0.29) is 5.91 Å². The van der Waals surface area contributed by atoms with Crippen LogP contribution in [0.5, 0.6) is 0 Å². The van der Waals surface area contributed by atoms with Gasteiger partial charge in [-0.3, -0.25) is 14.2 Å². The molecule has 0 fully saturated rings. The number of hydrogen-bond donors (Lipinski definition) is 1. The van der Waals surface area contributed by atoms with Crippen LogP contribution in [0.25, 0.3) is 0 Å². The second kappa shape index (κ2) is 5.26. The predicted molar refractivity (Wildman–Crippen MR) is 73.2 cm³/mol. The topological polar surface area (TPSA) is 64.7 Å². The van der Waals surface area contributed by atoms with Crippen molar-refractivity contribution in [1.82, 2.24) is 19.6 Å². The minimum atomic E-state index is -0.158. The predicted octanol–water partition coefficient (Wildman–Crippen LogP) is 2.01. The van der Waals surface area contributed by atoms with E-state index < -0.39 is 0 Å². The number of aromatic nitrogens is 4. The van der Waals surface area contributed by atoms with E-state index in [4.69, 9.17) is 0 Å². The molecule has 0 aliphatic heterocycles. The Morgan fingerprint density at radius 1 is 1.47 bits per heavy atom. The van der Waals surface area contributed by atoms with Crippen LogP contribution in [0.1, 0.15) is 42.9 Å². The number of nitrogens with one attached hydrogen (secondary N) is 1. The quantitative estimate of drug-likeness (QED) is 0.915. The van der Waals surface area contributed by atoms with E-state index in [1.165, 1.54) is 0 Å². The molecule has 0 aromatic carbocycles.